The van der Waals surface area contributed by atoms with Crippen LogP contribution in [-0.4, -0.2) is 30.3 Å². The lowest BCUT2D eigenvalue weighted by Gasteiger charge is -2.28. The summed E-state index contributed by atoms with van der Waals surface area (Å²) in [4.78, 5) is 10.2. The lowest BCUT2D eigenvalue weighted by Crippen LogP contribution is -2.46. The predicted molar refractivity (Wildman–Crippen MR) is 45.8 cm³/mol. The van der Waals surface area contributed by atoms with Crippen LogP contribution in [0.3, 0.4) is 0 Å². The van der Waals surface area contributed by atoms with Gasteiger partial charge in [0.2, 0.25) is 0 Å². The molecule has 0 aliphatic carbocycles. The molecule has 1 aliphatic heterocycles. The minimum Gasteiger partial charge on any atom is -0.313 e. The Morgan fingerprint density at radius 3 is 2.54 bits per heavy atom. The standard InChI is InChI=1S/C6H12NO5P/c1-3-10-13-11-4-6(2,5-12-13)7(8)9/h3-5H2,1-2H3. The first-order valence-corrected chi connectivity index (χ1v) is 5.01. The molecular formula is C6H12NO5P. The fourth-order valence-electron chi connectivity index (χ4n) is 0.748. The molecule has 1 heterocycles. The SMILES string of the molecule is CCOP1OCC(C)([N+](=O)[O-])CO1. The molecule has 0 aromatic heterocycles. The first kappa shape index (κ1) is 10.8. The average molecular weight is 209 g/mol. The summed E-state index contributed by atoms with van der Waals surface area (Å²) in [7, 11) is -1.36. The summed E-state index contributed by atoms with van der Waals surface area (Å²) in [6, 6.07) is 0. The van der Waals surface area contributed by atoms with Crippen LogP contribution in [0, 0.1) is 10.1 Å². The Labute approximate surface area is 77.3 Å². The van der Waals surface area contributed by atoms with Gasteiger partial charge in [0.25, 0.3) is 5.54 Å². The molecular weight excluding hydrogens is 197 g/mol. The van der Waals surface area contributed by atoms with Crippen LogP contribution >= 0.6 is 8.60 Å². The highest BCUT2D eigenvalue weighted by atomic mass is 31.2. The maximum absolute atomic E-state index is 10.6. The van der Waals surface area contributed by atoms with Gasteiger partial charge in [-0.25, -0.2) is 0 Å². The molecule has 13 heavy (non-hydrogen) atoms. The molecule has 76 valence electrons. The van der Waals surface area contributed by atoms with Gasteiger partial charge in [0.05, 0.1) is 6.61 Å². The smallest absolute Gasteiger partial charge is 0.313 e. The Kier molecular flexibility index (Phi) is 3.55. The van der Waals surface area contributed by atoms with Crippen molar-refractivity contribution in [2.24, 2.45) is 0 Å². The van der Waals surface area contributed by atoms with Crippen LogP contribution in [0.25, 0.3) is 0 Å². The molecule has 0 spiro atoms. The minimum absolute atomic E-state index is 0.0473. The topological polar surface area (TPSA) is 70.8 Å². The van der Waals surface area contributed by atoms with Gasteiger partial charge in [0.1, 0.15) is 13.2 Å². The van der Waals surface area contributed by atoms with E-state index in [-0.39, 0.29) is 18.1 Å². The Morgan fingerprint density at radius 2 is 2.15 bits per heavy atom. The highest BCUT2D eigenvalue weighted by molar-refractivity contribution is 7.41. The van der Waals surface area contributed by atoms with E-state index in [0.29, 0.717) is 6.61 Å². The second-order valence-electron chi connectivity index (χ2n) is 2.94. The zero-order valence-electron chi connectivity index (χ0n) is 7.56. The number of hydrogen-bond acceptors (Lipinski definition) is 5. The van der Waals surface area contributed by atoms with E-state index in [9.17, 15) is 10.1 Å². The Hall–Kier alpha value is -0.290. The van der Waals surface area contributed by atoms with E-state index >= 15 is 0 Å². The zero-order chi connectivity index (χ0) is 9.90. The molecule has 1 fully saturated rings. The van der Waals surface area contributed by atoms with E-state index in [2.05, 4.69) is 0 Å². The summed E-state index contributed by atoms with van der Waals surface area (Å²) in [5, 5.41) is 10.6. The molecule has 7 heteroatoms. The van der Waals surface area contributed by atoms with Gasteiger partial charge in [-0.1, -0.05) is 0 Å². The van der Waals surface area contributed by atoms with Crippen LogP contribution in [0.15, 0.2) is 0 Å². The molecule has 1 aliphatic rings. The van der Waals surface area contributed by atoms with Crippen molar-refractivity contribution in [2.45, 2.75) is 19.4 Å². The van der Waals surface area contributed by atoms with Gasteiger partial charge in [0.15, 0.2) is 0 Å². The Bertz CT molecular complexity index is 191. The van der Waals surface area contributed by atoms with Crippen molar-refractivity contribution in [3.63, 3.8) is 0 Å². The molecule has 0 atom stereocenters. The molecule has 1 rings (SSSR count). The fraction of sp³-hybridized carbons (Fsp3) is 1.00. The van der Waals surface area contributed by atoms with Gasteiger partial charge in [-0.15, -0.1) is 0 Å². The number of rotatable bonds is 3. The third-order valence-corrected chi connectivity index (χ3v) is 2.79. The van der Waals surface area contributed by atoms with Crippen LogP contribution < -0.4 is 0 Å². The van der Waals surface area contributed by atoms with E-state index in [1.807, 2.05) is 6.92 Å². The van der Waals surface area contributed by atoms with Gasteiger partial charge in [0, 0.05) is 11.8 Å². The van der Waals surface area contributed by atoms with Crippen LogP contribution in [0.4, 0.5) is 0 Å². The lowest BCUT2D eigenvalue weighted by atomic mass is 10.1. The molecule has 0 bridgehead atoms. The number of nitrogens with zero attached hydrogens (tertiary/aromatic N) is 1. The van der Waals surface area contributed by atoms with E-state index in [0.717, 1.165) is 0 Å². The predicted octanol–water partition coefficient (Wildman–Crippen LogP) is 1.33. The molecule has 1 saturated heterocycles. The molecule has 0 amide bonds. The number of nitro groups is 1. The highest BCUT2D eigenvalue weighted by Gasteiger charge is 2.44. The molecule has 0 radical (unpaired) electrons. The first-order valence-electron chi connectivity index (χ1n) is 3.92. The second-order valence-corrected chi connectivity index (χ2v) is 4.16. The normalized spacial score (nSPS) is 34.5. The maximum atomic E-state index is 10.6. The molecule has 6 nitrogen and oxygen atoms in total. The zero-order valence-corrected chi connectivity index (χ0v) is 8.45. The van der Waals surface area contributed by atoms with Crippen molar-refractivity contribution < 1.29 is 18.5 Å². The summed E-state index contributed by atoms with van der Waals surface area (Å²) in [5.41, 5.74) is -1.13. The van der Waals surface area contributed by atoms with E-state index in [1.165, 1.54) is 6.92 Å². The largest absolute Gasteiger partial charge is 0.333 e. The Morgan fingerprint density at radius 1 is 1.62 bits per heavy atom. The van der Waals surface area contributed by atoms with Crippen molar-refractivity contribution in [1.29, 1.82) is 0 Å². The van der Waals surface area contributed by atoms with Gasteiger partial charge >= 0.3 is 8.60 Å². The van der Waals surface area contributed by atoms with Crippen molar-refractivity contribution in [3.8, 4) is 0 Å². The van der Waals surface area contributed by atoms with Gasteiger partial charge < -0.3 is 13.6 Å². The Balaban J connectivity index is 2.42. The van der Waals surface area contributed by atoms with E-state index in [1.54, 1.807) is 0 Å². The lowest BCUT2D eigenvalue weighted by molar-refractivity contribution is -0.573. The third kappa shape index (κ3) is 2.57. The molecule has 0 aromatic rings. The molecule has 0 saturated carbocycles. The second kappa shape index (κ2) is 4.28. The fourth-order valence-corrected chi connectivity index (χ4v) is 1.95. The summed E-state index contributed by atoms with van der Waals surface area (Å²) < 4.78 is 15.2. The minimum atomic E-state index is -1.36. The first-order chi connectivity index (χ1) is 6.08. The van der Waals surface area contributed by atoms with Gasteiger partial charge in [-0.2, -0.15) is 0 Å². The van der Waals surface area contributed by atoms with Crippen molar-refractivity contribution in [3.05, 3.63) is 10.1 Å². The van der Waals surface area contributed by atoms with Crippen molar-refractivity contribution >= 4 is 8.60 Å². The van der Waals surface area contributed by atoms with Crippen molar-refractivity contribution in [1.82, 2.24) is 0 Å². The quantitative estimate of drug-likeness (QED) is 0.398. The van der Waals surface area contributed by atoms with Crippen LogP contribution in [0.1, 0.15) is 13.8 Å². The summed E-state index contributed by atoms with van der Waals surface area (Å²) in [6.07, 6.45) is 0. The van der Waals surface area contributed by atoms with Gasteiger partial charge in [-0.05, 0) is 6.92 Å². The highest BCUT2D eigenvalue weighted by Crippen LogP contribution is 2.44. The summed E-state index contributed by atoms with van der Waals surface area (Å²) in [6.45, 7) is 3.89. The van der Waals surface area contributed by atoms with E-state index in [4.69, 9.17) is 13.6 Å². The summed E-state index contributed by atoms with van der Waals surface area (Å²) in [5.74, 6) is 0. The number of hydrogen-bond donors (Lipinski definition) is 0. The van der Waals surface area contributed by atoms with Crippen LogP contribution in [0.5, 0.6) is 0 Å². The average Bonchev–Trinajstić information content (AvgIpc) is 2.09. The molecule has 0 unspecified atom stereocenters. The van der Waals surface area contributed by atoms with E-state index < -0.39 is 14.1 Å². The van der Waals surface area contributed by atoms with Crippen LogP contribution in [-0.2, 0) is 13.6 Å². The van der Waals surface area contributed by atoms with Gasteiger partial charge in [-0.3, -0.25) is 10.1 Å². The molecule has 0 N–H and O–H groups in total. The third-order valence-electron chi connectivity index (χ3n) is 1.64. The summed E-state index contributed by atoms with van der Waals surface area (Å²) >= 11 is 0. The maximum Gasteiger partial charge on any atom is 0.333 e. The monoisotopic (exact) mass is 209 g/mol. The molecule has 0 aromatic carbocycles. The van der Waals surface area contributed by atoms with Crippen molar-refractivity contribution in [2.75, 3.05) is 19.8 Å². The van der Waals surface area contributed by atoms with Crippen LogP contribution in [0.2, 0.25) is 0 Å².